The smallest absolute Gasteiger partial charge is 0.355 e. The van der Waals surface area contributed by atoms with Crippen molar-refractivity contribution in [3.05, 3.63) is 23.2 Å². The predicted molar refractivity (Wildman–Crippen MR) is 95.3 cm³/mol. The van der Waals surface area contributed by atoms with Crippen molar-refractivity contribution in [2.75, 3.05) is 13.1 Å². The highest BCUT2D eigenvalue weighted by atomic mass is 32.1. The average Bonchev–Trinajstić information content (AvgIpc) is 3.10. The van der Waals surface area contributed by atoms with E-state index in [4.69, 9.17) is 4.74 Å². The van der Waals surface area contributed by atoms with E-state index in [0.29, 0.717) is 11.6 Å². The first-order valence-corrected chi connectivity index (χ1v) is 9.39. The fourth-order valence-electron chi connectivity index (χ4n) is 3.07. The molecule has 0 aromatic carbocycles. The number of hydrogen-bond donors (Lipinski definition) is 0. The zero-order valence-corrected chi connectivity index (χ0v) is 15.3. The van der Waals surface area contributed by atoms with Gasteiger partial charge in [0.1, 0.15) is 17.1 Å². The summed E-state index contributed by atoms with van der Waals surface area (Å²) in [5, 5.41) is 2.96. The number of nitrogens with zero attached hydrogens (tertiary/aromatic N) is 2. The molecule has 1 aliphatic heterocycles. The lowest BCUT2D eigenvalue weighted by Crippen LogP contribution is -2.40. The first-order chi connectivity index (χ1) is 11.5. The molecule has 0 aliphatic carbocycles. The molecule has 1 fully saturated rings. The number of likely N-dealkylation sites (tertiary alicyclic amines) is 1. The van der Waals surface area contributed by atoms with Crippen molar-refractivity contribution >= 4 is 33.4 Å². The lowest BCUT2D eigenvalue weighted by atomic mass is 9.99. The maximum atomic E-state index is 12.7. The summed E-state index contributed by atoms with van der Waals surface area (Å²) in [4.78, 5) is 27.9. The topological polar surface area (TPSA) is 51.5 Å². The summed E-state index contributed by atoms with van der Waals surface area (Å²) in [6, 6.07) is 3.79. The Kier molecular flexibility index (Phi) is 4.94. The van der Waals surface area contributed by atoms with Gasteiger partial charge >= 0.3 is 5.97 Å². The molecule has 130 valence electrons. The van der Waals surface area contributed by atoms with Gasteiger partial charge in [0.15, 0.2) is 0 Å². The van der Waals surface area contributed by atoms with E-state index >= 15 is 0 Å². The van der Waals surface area contributed by atoms with Crippen LogP contribution in [0.5, 0.6) is 0 Å². The van der Waals surface area contributed by atoms with Gasteiger partial charge in [-0.3, -0.25) is 4.79 Å². The molecule has 3 rings (SSSR count). The van der Waals surface area contributed by atoms with Crippen LogP contribution >= 0.6 is 11.3 Å². The Balaban J connectivity index is 1.83. The Hall–Kier alpha value is -1.82. The summed E-state index contributed by atoms with van der Waals surface area (Å²) < 4.78 is 7.15. The molecule has 1 amide bonds. The number of piperidine rings is 1. The zero-order valence-electron chi connectivity index (χ0n) is 14.4. The molecule has 0 spiro atoms. The maximum absolute atomic E-state index is 12.7. The van der Waals surface area contributed by atoms with Crippen LogP contribution in [0.15, 0.2) is 17.5 Å². The summed E-state index contributed by atoms with van der Waals surface area (Å²) in [5.74, 6) is 0.390. The van der Waals surface area contributed by atoms with Gasteiger partial charge in [-0.15, -0.1) is 11.3 Å². The second-order valence-corrected chi connectivity index (χ2v) is 7.71. The van der Waals surface area contributed by atoms with Crippen LogP contribution in [0.4, 0.5) is 0 Å². The van der Waals surface area contributed by atoms with Gasteiger partial charge in [0.2, 0.25) is 5.91 Å². The molecule has 5 nitrogen and oxygen atoms in total. The van der Waals surface area contributed by atoms with Gasteiger partial charge in [0, 0.05) is 18.5 Å². The van der Waals surface area contributed by atoms with E-state index in [9.17, 15) is 9.59 Å². The molecule has 0 atom stereocenters. The van der Waals surface area contributed by atoms with Gasteiger partial charge in [-0.1, -0.05) is 6.92 Å². The fraction of sp³-hybridized carbons (Fsp3) is 0.556. The highest BCUT2D eigenvalue weighted by Gasteiger charge is 2.24. The SMILES string of the molecule is CC1CCN(C(=O)Cn2c(C(=O)OC(C)C)cc3ccsc32)CC1. The van der Waals surface area contributed by atoms with E-state index in [1.807, 2.05) is 40.8 Å². The number of rotatable bonds is 4. The molecule has 0 N–H and O–H groups in total. The molecule has 0 radical (unpaired) electrons. The minimum Gasteiger partial charge on any atom is -0.458 e. The van der Waals surface area contributed by atoms with Crippen molar-refractivity contribution in [1.82, 2.24) is 9.47 Å². The van der Waals surface area contributed by atoms with Crippen molar-refractivity contribution in [1.29, 1.82) is 0 Å². The third-order valence-corrected chi connectivity index (χ3v) is 5.44. The maximum Gasteiger partial charge on any atom is 0.355 e. The molecule has 24 heavy (non-hydrogen) atoms. The molecule has 3 heterocycles. The van der Waals surface area contributed by atoms with Crippen molar-refractivity contribution in [3.63, 3.8) is 0 Å². The molecule has 2 aromatic rings. The summed E-state index contributed by atoms with van der Waals surface area (Å²) in [6.45, 7) is 7.69. The predicted octanol–water partition coefficient (Wildman–Crippen LogP) is 3.53. The standard InChI is InChI=1S/C18H24N2O3S/c1-12(2)23-18(22)15-10-14-6-9-24-17(14)20(15)11-16(21)19-7-4-13(3)5-8-19/h6,9-10,12-13H,4-5,7-8,11H2,1-3H3. The van der Waals surface area contributed by atoms with Crippen LogP contribution in [0.1, 0.15) is 44.1 Å². The third kappa shape index (κ3) is 3.48. The molecular formula is C18H24N2O3S. The lowest BCUT2D eigenvalue weighted by molar-refractivity contribution is -0.133. The average molecular weight is 348 g/mol. The normalized spacial score (nSPS) is 16.1. The van der Waals surface area contributed by atoms with Crippen LogP contribution in [0.3, 0.4) is 0 Å². The van der Waals surface area contributed by atoms with E-state index in [-0.39, 0.29) is 24.5 Å². The number of hydrogen-bond acceptors (Lipinski definition) is 4. The summed E-state index contributed by atoms with van der Waals surface area (Å²) in [6.07, 6.45) is 1.92. The van der Waals surface area contributed by atoms with Crippen LogP contribution in [-0.2, 0) is 16.1 Å². The minimum absolute atomic E-state index is 0.0754. The number of ether oxygens (including phenoxy) is 1. The van der Waals surface area contributed by atoms with Gasteiger partial charge in [0.25, 0.3) is 0 Å². The quantitative estimate of drug-likeness (QED) is 0.794. The lowest BCUT2D eigenvalue weighted by Gasteiger charge is -2.30. The Morgan fingerprint density at radius 1 is 1.33 bits per heavy atom. The fourth-order valence-corrected chi connectivity index (χ4v) is 3.97. The van der Waals surface area contributed by atoms with Gasteiger partial charge in [0.05, 0.1) is 6.10 Å². The zero-order chi connectivity index (χ0) is 17.3. The van der Waals surface area contributed by atoms with Gasteiger partial charge in [-0.25, -0.2) is 4.79 Å². The molecular weight excluding hydrogens is 324 g/mol. The Bertz CT molecular complexity index is 739. The van der Waals surface area contributed by atoms with E-state index in [0.717, 1.165) is 36.1 Å². The molecule has 0 bridgehead atoms. The second-order valence-electron chi connectivity index (χ2n) is 6.81. The molecule has 1 aliphatic rings. The molecule has 0 unspecified atom stereocenters. The van der Waals surface area contributed by atoms with Crippen LogP contribution in [0, 0.1) is 5.92 Å². The van der Waals surface area contributed by atoms with E-state index in [1.54, 1.807) is 11.3 Å². The molecule has 1 saturated heterocycles. The second kappa shape index (κ2) is 6.97. The monoisotopic (exact) mass is 348 g/mol. The molecule has 0 saturated carbocycles. The van der Waals surface area contributed by atoms with Crippen molar-refractivity contribution in [3.8, 4) is 0 Å². The van der Waals surface area contributed by atoms with E-state index in [2.05, 4.69) is 6.92 Å². The Morgan fingerprint density at radius 3 is 2.71 bits per heavy atom. The largest absolute Gasteiger partial charge is 0.458 e. The van der Waals surface area contributed by atoms with Crippen LogP contribution < -0.4 is 0 Å². The van der Waals surface area contributed by atoms with Crippen molar-refractivity contribution in [2.45, 2.75) is 46.3 Å². The Labute approximate surface area is 146 Å². The highest BCUT2D eigenvalue weighted by Crippen LogP contribution is 2.27. The third-order valence-electron chi connectivity index (χ3n) is 4.48. The van der Waals surface area contributed by atoms with Gasteiger partial charge < -0.3 is 14.2 Å². The van der Waals surface area contributed by atoms with Gasteiger partial charge in [-0.05, 0) is 50.1 Å². The number of carbonyl (C=O) groups is 2. The highest BCUT2D eigenvalue weighted by molar-refractivity contribution is 7.16. The summed E-state index contributed by atoms with van der Waals surface area (Å²) in [7, 11) is 0. The first-order valence-electron chi connectivity index (χ1n) is 8.51. The number of esters is 1. The van der Waals surface area contributed by atoms with Crippen LogP contribution in [0.2, 0.25) is 0 Å². The first kappa shape index (κ1) is 17.0. The van der Waals surface area contributed by atoms with Gasteiger partial charge in [-0.2, -0.15) is 0 Å². The van der Waals surface area contributed by atoms with E-state index < -0.39 is 0 Å². The summed E-state index contributed by atoms with van der Waals surface area (Å²) >= 11 is 1.54. The number of amides is 1. The number of fused-ring (bicyclic) bond motifs is 1. The molecule has 2 aromatic heterocycles. The van der Waals surface area contributed by atoms with Crippen LogP contribution in [-0.4, -0.2) is 40.5 Å². The molecule has 6 heteroatoms. The number of thiophene rings is 1. The van der Waals surface area contributed by atoms with E-state index in [1.165, 1.54) is 0 Å². The minimum atomic E-state index is -0.367. The van der Waals surface area contributed by atoms with Crippen LogP contribution in [0.25, 0.3) is 10.2 Å². The number of carbonyl (C=O) groups excluding carboxylic acids is 2. The Morgan fingerprint density at radius 2 is 2.04 bits per heavy atom. The number of aromatic nitrogens is 1. The summed E-state index contributed by atoms with van der Waals surface area (Å²) in [5.41, 5.74) is 0.462. The van der Waals surface area contributed by atoms with Crippen molar-refractivity contribution in [2.24, 2.45) is 5.92 Å². The van der Waals surface area contributed by atoms with Crippen molar-refractivity contribution < 1.29 is 14.3 Å².